The number of carbonyl (C=O) groups excluding carboxylic acids is 1. The van der Waals surface area contributed by atoms with E-state index in [0.717, 1.165) is 0 Å². The van der Waals surface area contributed by atoms with Crippen molar-refractivity contribution in [2.24, 2.45) is 0 Å². The third kappa shape index (κ3) is 2.72. The standard InChI is InChI=1S/C12H8Cl2N2O2/c13-8-6-15-11(14)5-7(8)12(18)16-9-3-1-2-4-10(9)17/h1-6,17H,(H,16,18). The number of halogens is 2. The van der Waals surface area contributed by atoms with Gasteiger partial charge in [0.05, 0.1) is 16.3 Å². The molecule has 18 heavy (non-hydrogen) atoms. The molecule has 0 unspecified atom stereocenters. The van der Waals surface area contributed by atoms with Gasteiger partial charge in [-0.05, 0) is 18.2 Å². The third-order valence-electron chi connectivity index (χ3n) is 2.22. The minimum absolute atomic E-state index is 0.0258. The number of benzene rings is 1. The molecule has 4 nitrogen and oxygen atoms in total. The van der Waals surface area contributed by atoms with Gasteiger partial charge in [0.2, 0.25) is 0 Å². The Morgan fingerprint density at radius 1 is 1.28 bits per heavy atom. The average Bonchev–Trinajstić information content (AvgIpc) is 2.35. The molecule has 0 bridgehead atoms. The predicted octanol–water partition coefficient (Wildman–Crippen LogP) is 3.35. The van der Waals surface area contributed by atoms with E-state index in [1.807, 2.05) is 0 Å². The van der Waals surface area contributed by atoms with Gasteiger partial charge in [0.25, 0.3) is 5.91 Å². The van der Waals surface area contributed by atoms with Gasteiger partial charge in [-0.1, -0.05) is 35.3 Å². The second-order valence-electron chi connectivity index (χ2n) is 3.46. The number of aromatic nitrogens is 1. The fourth-order valence-electron chi connectivity index (χ4n) is 1.36. The first kappa shape index (κ1) is 12.7. The molecule has 0 aliphatic rings. The van der Waals surface area contributed by atoms with Crippen LogP contribution >= 0.6 is 23.2 Å². The number of nitrogens with one attached hydrogen (secondary N) is 1. The molecule has 1 aromatic carbocycles. The minimum Gasteiger partial charge on any atom is -0.506 e. The van der Waals surface area contributed by atoms with Crippen molar-refractivity contribution in [3.05, 3.63) is 52.3 Å². The molecule has 0 saturated carbocycles. The molecule has 2 aromatic rings. The van der Waals surface area contributed by atoms with Gasteiger partial charge >= 0.3 is 0 Å². The third-order valence-corrected chi connectivity index (χ3v) is 2.73. The molecule has 0 spiro atoms. The number of amides is 1. The lowest BCUT2D eigenvalue weighted by Crippen LogP contribution is -2.12. The normalized spacial score (nSPS) is 10.1. The first-order valence-electron chi connectivity index (χ1n) is 4.98. The van der Waals surface area contributed by atoms with Crippen molar-refractivity contribution in [2.75, 3.05) is 5.32 Å². The van der Waals surface area contributed by atoms with Crippen LogP contribution < -0.4 is 5.32 Å². The van der Waals surface area contributed by atoms with Crippen molar-refractivity contribution in [1.82, 2.24) is 4.98 Å². The molecule has 1 amide bonds. The monoisotopic (exact) mass is 282 g/mol. The van der Waals surface area contributed by atoms with Crippen LogP contribution in [0, 0.1) is 0 Å². The number of para-hydroxylation sites is 2. The quantitative estimate of drug-likeness (QED) is 0.656. The first-order valence-corrected chi connectivity index (χ1v) is 5.74. The lowest BCUT2D eigenvalue weighted by atomic mass is 10.2. The van der Waals surface area contributed by atoms with Crippen LogP contribution in [-0.2, 0) is 0 Å². The molecule has 0 radical (unpaired) electrons. The molecular formula is C12H8Cl2N2O2. The van der Waals surface area contributed by atoms with Crippen LogP contribution in [0.4, 0.5) is 5.69 Å². The molecule has 1 aromatic heterocycles. The summed E-state index contributed by atoms with van der Waals surface area (Å²) in [5, 5.41) is 12.4. The molecule has 0 aliphatic carbocycles. The molecule has 0 fully saturated rings. The van der Waals surface area contributed by atoms with E-state index in [9.17, 15) is 9.90 Å². The molecule has 1 heterocycles. The summed E-state index contributed by atoms with van der Waals surface area (Å²) in [5.41, 5.74) is 0.492. The highest BCUT2D eigenvalue weighted by atomic mass is 35.5. The Kier molecular flexibility index (Phi) is 3.69. The van der Waals surface area contributed by atoms with E-state index >= 15 is 0 Å². The summed E-state index contributed by atoms with van der Waals surface area (Å²) in [6.45, 7) is 0. The van der Waals surface area contributed by atoms with Gasteiger partial charge in [-0.25, -0.2) is 4.98 Å². The largest absolute Gasteiger partial charge is 0.506 e. The van der Waals surface area contributed by atoms with Crippen molar-refractivity contribution in [2.45, 2.75) is 0 Å². The molecule has 92 valence electrons. The van der Waals surface area contributed by atoms with Gasteiger partial charge in [-0.3, -0.25) is 4.79 Å². The zero-order valence-corrected chi connectivity index (χ0v) is 10.5. The molecule has 6 heteroatoms. The Labute approximate surface area is 113 Å². The van der Waals surface area contributed by atoms with Crippen molar-refractivity contribution < 1.29 is 9.90 Å². The van der Waals surface area contributed by atoms with Crippen molar-refractivity contribution in [1.29, 1.82) is 0 Å². The smallest absolute Gasteiger partial charge is 0.257 e. The minimum atomic E-state index is -0.467. The van der Waals surface area contributed by atoms with E-state index < -0.39 is 5.91 Å². The summed E-state index contributed by atoms with van der Waals surface area (Å²) in [6, 6.07) is 7.75. The van der Waals surface area contributed by atoms with Crippen LogP contribution in [0.25, 0.3) is 0 Å². The Morgan fingerprint density at radius 2 is 2.00 bits per heavy atom. The van der Waals surface area contributed by atoms with E-state index in [2.05, 4.69) is 10.3 Å². The van der Waals surface area contributed by atoms with E-state index in [1.165, 1.54) is 18.3 Å². The van der Waals surface area contributed by atoms with E-state index in [-0.39, 0.29) is 21.5 Å². The van der Waals surface area contributed by atoms with Crippen molar-refractivity contribution in [3.8, 4) is 5.75 Å². The van der Waals surface area contributed by atoms with Gasteiger partial charge in [0, 0.05) is 6.20 Å². The SMILES string of the molecule is O=C(Nc1ccccc1O)c1cc(Cl)ncc1Cl. The zero-order valence-electron chi connectivity index (χ0n) is 9.02. The maximum Gasteiger partial charge on any atom is 0.257 e. The maximum absolute atomic E-state index is 11.9. The summed E-state index contributed by atoms with van der Waals surface area (Å²) < 4.78 is 0. The number of hydrogen-bond donors (Lipinski definition) is 2. The summed E-state index contributed by atoms with van der Waals surface area (Å²) in [6.07, 6.45) is 1.30. The number of carbonyl (C=O) groups is 1. The number of hydrogen-bond acceptors (Lipinski definition) is 3. The number of nitrogens with zero attached hydrogens (tertiary/aromatic N) is 1. The number of pyridine rings is 1. The lowest BCUT2D eigenvalue weighted by Gasteiger charge is -2.08. The van der Waals surface area contributed by atoms with Crippen molar-refractivity contribution in [3.63, 3.8) is 0 Å². The molecule has 0 saturated heterocycles. The number of rotatable bonds is 2. The molecule has 2 rings (SSSR count). The highest BCUT2D eigenvalue weighted by molar-refractivity contribution is 6.35. The fraction of sp³-hybridized carbons (Fsp3) is 0. The van der Waals surface area contributed by atoms with Crippen LogP contribution in [-0.4, -0.2) is 16.0 Å². The van der Waals surface area contributed by atoms with Crippen LogP contribution in [0.5, 0.6) is 5.75 Å². The Hall–Kier alpha value is -1.78. The van der Waals surface area contributed by atoms with Gasteiger partial charge in [0.1, 0.15) is 10.9 Å². The summed E-state index contributed by atoms with van der Waals surface area (Å²) in [4.78, 5) is 15.7. The van der Waals surface area contributed by atoms with Gasteiger partial charge < -0.3 is 10.4 Å². The predicted molar refractivity (Wildman–Crippen MR) is 70.3 cm³/mol. The topological polar surface area (TPSA) is 62.2 Å². The molecular weight excluding hydrogens is 275 g/mol. The Balaban J connectivity index is 2.28. The second-order valence-corrected chi connectivity index (χ2v) is 4.25. The zero-order chi connectivity index (χ0) is 13.1. The van der Waals surface area contributed by atoms with Crippen molar-refractivity contribution >= 4 is 34.8 Å². The lowest BCUT2D eigenvalue weighted by molar-refractivity contribution is 0.102. The fourth-order valence-corrected chi connectivity index (χ4v) is 1.70. The van der Waals surface area contributed by atoms with Crippen LogP contribution in [0.3, 0.4) is 0 Å². The highest BCUT2D eigenvalue weighted by Crippen LogP contribution is 2.24. The average molecular weight is 283 g/mol. The number of phenols is 1. The number of aromatic hydroxyl groups is 1. The van der Waals surface area contributed by atoms with E-state index in [1.54, 1.807) is 18.2 Å². The Bertz CT molecular complexity index is 602. The molecule has 2 N–H and O–H groups in total. The highest BCUT2D eigenvalue weighted by Gasteiger charge is 2.13. The van der Waals surface area contributed by atoms with Gasteiger partial charge in [-0.15, -0.1) is 0 Å². The summed E-state index contributed by atoms with van der Waals surface area (Å²) >= 11 is 11.5. The van der Waals surface area contributed by atoms with Gasteiger partial charge in [0.15, 0.2) is 0 Å². The van der Waals surface area contributed by atoms with E-state index in [4.69, 9.17) is 23.2 Å². The molecule has 0 aliphatic heterocycles. The first-order chi connectivity index (χ1) is 8.58. The number of anilines is 1. The Morgan fingerprint density at radius 3 is 2.72 bits per heavy atom. The maximum atomic E-state index is 11.9. The summed E-state index contributed by atoms with van der Waals surface area (Å²) in [7, 11) is 0. The van der Waals surface area contributed by atoms with Gasteiger partial charge in [-0.2, -0.15) is 0 Å². The molecule has 0 atom stereocenters. The van der Waals surface area contributed by atoms with E-state index in [0.29, 0.717) is 5.69 Å². The summed E-state index contributed by atoms with van der Waals surface area (Å²) in [5.74, 6) is -0.493. The van der Waals surface area contributed by atoms with Crippen LogP contribution in [0.15, 0.2) is 36.5 Å². The van der Waals surface area contributed by atoms with Crippen LogP contribution in [0.1, 0.15) is 10.4 Å². The van der Waals surface area contributed by atoms with Crippen LogP contribution in [0.2, 0.25) is 10.2 Å². The second kappa shape index (κ2) is 5.25. The number of phenolic OH excluding ortho intramolecular Hbond substituents is 1.